The van der Waals surface area contributed by atoms with Crippen molar-refractivity contribution in [1.29, 1.82) is 5.41 Å². The van der Waals surface area contributed by atoms with Crippen LogP contribution in [0.3, 0.4) is 0 Å². The summed E-state index contributed by atoms with van der Waals surface area (Å²) >= 11 is 0. The first-order valence-corrected chi connectivity index (χ1v) is 12.1. The molecule has 182 valence electrons. The SMILES string of the molecule is CCc1cc(-c2cc(Oc3ccc(C=N)c(NC)c3)ccn2)ccc1C(=O)NC1CCCN(C)C1. The first kappa shape index (κ1) is 24.4. The number of ether oxygens (including phenoxy) is 1. The highest BCUT2D eigenvalue weighted by Gasteiger charge is 2.21. The molecule has 3 N–H and O–H groups in total. The summed E-state index contributed by atoms with van der Waals surface area (Å²) in [4.78, 5) is 19.8. The first-order chi connectivity index (χ1) is 17.0. The molecule has 7 nitrogen and oxygen atoms in total. The molecule has 0 bridgehead atoms. The highest BCUT2D eigenvalue weighted by molar-refractivity contribution is 5.96. The Labute approximate surface area is 207 Å². The van der Waals surface area contributed by atoms with E-state index >= 15 is 0 Å². The summed E-state index contributed by atoms with van der Waals surface area (Å²) in [5.41, 5.74) is 5.07. The van der Waals surface area contributed by atoms with Crippen molar-refractivity contribution >= 4 is 17.8 Å². The number of hydrogen-bond donors (Lipinski definition) is 3. The fourth-order valence-electron chi connectivity index (χ4n) is 4.52. The molecule has 4 rings (SSSR count). The number of carbonyl (C=O) groups is 1. The summed E-state index contributed by atoms with van der Waals surface area (Å²) in [6.45, 7) is 4.04. The Morgan fingerprint density at radius 1 is 1.20 bits per heavy atom. The van der Waals surface area contributed by atoms with E-state index < -0.39 is 0 Å². The Bertz CT molecular complexity index is 1210. The molecule has 1 aliphatic rings. The lowest BCUT2D eigenvalue weighted by molar-refractivity contribution is 0.0911. The monoisotopic (exact) mass is 471 g/mol. The van der Waals surface area contributed by atoms with Crippen molar-refractivity contribution in [3.63, 3.8) is 0 Å². The first-order valence-electron chi connectivity index (χ1n) is 12.1. The number of benzene rings is 2. The fraction of sp³-hybridized carbons (Fsp3) is 0.321. The molecule has 1 unspecified atom stereocenters. The van der Waals surface area contributed by atoms with Crippen LogP contribution >= 0.6 is 0 Å². The van der Waals surface area contributed by atoms with Crippen LogP contribution in [0.1, 0.15) is 41.3 Å². The predicted molar refractivity (Wildman–Crippen MR) is 141 cm³/mol. The minimum absolute atomic E-state index is 0.00699. The van der Waals surface area contributed by atoms with E-state index in [4.69, 9.17) is 10.1 Å². The number of nitrogens with one attached hydrogen (secondary N) is 3. The molecule has 2 heterocycles. The second kappa shape index (κ2) is 11.1. The van der Waals surface area contributed by atoms with Crippen molar-refractivity contribution in [2.75, 3.05) is 32.5 Å². The molecule has 0 spiro atoms. The molecule has 1 atom stereocenters. The minimum Gasteiger partial charge on any atom is -0.457 e. The van der Waals surface area contributed by atoms with Gasteiger partial charge < -0.3 is 25.7 Å². The lowest BCUT2D eigenvalue weighted by Gasteiger charge is -2.30. The fourth-order valence-corrected chi connectivity index (χ4v) is 4.52. The molecule has 35 heavy (non-hydrogen) atoms. The second-order valence-electron chi connectivity index (χ2n) is 8.92. The summed E-state index contributed by atoms with van der Waals surface area (Å²) in [7, 11) is 3.92. The smallest absolute Gasteiger partial charge is 0.251 e. The van der Waals surface area contributed by atoms with Crippen LogP contribution in [-0.2, 0) is 6.42 Å². The highest BCUT2D eigenvalue weighted by atomic mass is 16.5. The number of nitrogens with zero attached hydrogens (tertiary/aromatic N) is 2. The number of likely N-dealkylation sites (N-methyl/N-ethyl adjacent to an activating group) is 1. The number of carbonyl (C=O) groups excluding carboxylic acids is 1. The molecule has 3 aromatic rings. The van der Waals surface area contributed by atoms with Crippen LogP contribution in [0.15, 0.2) is 54.7 Å². The van der Waals surface area contributed by atoms with E-state index in [1.54, 1.807) is 6.20 Å². The average molecular weight is 472 g/mol. The van der Waals surface area contributed by atoms with Crippen LogP contribution in [0.4, 0.5) is 5.69 Å². The van der Waals surface area contributed by atoms with Gasteiger partial charge in [-0.25, -0.2) is 0 Å². The number of aryl methyl sites for hydroxylation is 1. The molecule has 1 aliphatic heterocycles. The van der Waals surface area contributed by atoms with E-state index in [-0.39, 0.29) is 11.9 Å². The number of likely N-dealkylation sites (tertiary alicyclic amines) is 1. The molecule has 1 saturated heterocycles. The number of hydrogen-bond acceptors (Lipinski definition) is 6. The van der Waals surface area contributed by atoms with Gasteiger partial charge in [-0.15, -0.1) is 0 Å². The van der Waals surface area contributed by atoms with Crippen LogP contribution in [0.25, 0.3) is 11.3 Å². The number of amides is 1. The molecule has 1 fully saturated rings. The maximum absolute atomic E-state index is 13.0. The Balaban J connectivity index is 1.53. The predicted octanol–water partition coefficient (Wildman–Crippen LogP) is 4.97. The number of aromatic nitrogens is 1. The normalized spacial score (nSPS) is 15.9. The third-order valence-corrected chi connectivity index (χ3v) is 6.40. The largest absolute Gasteiger partial charge is 0.457 e. The standard InChI is InChI=1S/C28H33N5O2/c1-4-19-14-20(8-10-25(19)28(34)32-22-6-5-13-33(3)18-22)27-16-24(11-12-31-27)35-23-9-7-21(17-29)26(15-23)30-2/h7-12,14-17,22,29-30H,4-6,13,18H2,1-3H3,(H,32,34). The van der Waals surface area contributed by atoms with Gasteiger partial charge in [-0.3, -0.25) is 9.78 Å². The molecule has 1 amide bonds. The Kier molecular flexibility index (Phi) is 7.77. The topological polar surface area (TPSA) is 90.3 Å². The molecule has 0 aliphatic carbocycles. The van der Waals surface area contributed by atoms with E-state index in [1.165, 1.54) is 6.21 Å². The van der Waals surface area contributed by atoms with Crippen LogP contribution < -0.4 is 15.4 Å². The van der Waals surface area contributed by atoms with Crippen molar-refractivity contribution in [2.24, 2.45) is 0 Å². The van der Waals surface area contributed by atoms with Crippen LogP contribution in [0, 0.1) is 5.41 Å². The summed E-state index contributed by atoms with van der Waals surface area (Å²) in [5.74, 6) is 1.33. The summed E-state index contributed by atoms with van der Waals surface area (Å²) in [6, 6.07) is 15.4. The van der Waals surface area contributed by atoms with Gasteiger partial charge in [0, 0.05) is 66.6 Å². The molecule has 1 aromatic heterocycles. The van der Waals surface area contributed by atoms with Gasteiger partial charge in [0.05, 0.1) is 5.69 Å². The zero-order valence-electron chi connectivity index (χ0n) is 20.6. The lowest BCUT2D eigenvalue weighted by Crippen LogP contribution is -2.46. The molecular weight excluding hydrogens is 438 g/mol. The summed E-state index contributed by atoms with van der Waals surface area (Å²) in [6.07, 6.45) is 5.91. The lowest BCUT2D eigenvalue weighted by atomic mass is 9.98. The van der Waals surface area contributed by atoms with Gasteiger partial charge in [0.25, 0.3) is 5.91 Å². The van der Waals surface area contributed by atoms with Crippen LogP contribution in [0.5, 0.6) is 11.5 Å². The maximum Gasteiger partial charge on any atom is 0.251 e. The molecule has 0 saturated carbocycles. The third kappa shape index (κ3) is 5.87. The minimum atomic E-state index is -0.00699. The van der Waals surface area contributed by atoms with Crippen molar-refractivity contribution in [2.45, 2.75) is 32.2 Å². The van der Waals surface area contributed by atoms with Gasteiger partial charge in [0.2, 0.25) is 0 Å². The van der Waals surface area contributed by atoms with Crippen molar-refractivity contribution in [1.82, 2.24) is 15.2 Å². The molecule has 0 radical (unpaired) electrons. The van der Waals surface area contributed by atoms with E-state index in [0.29, 0.717) is 11.5 Å². The van der Waals surface area contributed by atoms with Gasteiger partial charge in [-0.05, 0) is 68.8 Å². The quantitative estimate of drug-likeness (QED) is 0.404. The molecule has 7 heteroatoms. The van der Waals surface area contributed by atoms with E-state index in [2.05, 4.69) is 34.5 Å². The zero-order valence-corrected chi connectivity index (χ0v) is 20.6. The maximum atomic E-state index is 13.0. The van der Waals surface area contributed by atoms with Crippen molar-refractivity contribution in [3.05, 3.63) is 71.4 Å². The van der Waals surface area contributed by atoms with E-state index in [9.17, 15) is 4.79 Å². The number of rotatable bonds is 8. The molecular formula is C28H33N5O2. The van der Waals surface area contributed by atoms with Crippen LogP contribution in [-0.4, -0.2) is 55.2 Å². The van der Waals surface area contributed by atoms with Gasteiger partial charge in [-0.2, -0.15) is 0 Å². The highest BCUT2D eigenvalue weighted by Crippen LogP contribution is 2.29. The third-order valence-electron chi connectivity index (χ3n) is 6.40. The second-order valence-corrected chi connectivity index (χ2v) is 8.92. The van der Waals surface area contributed by atoms with Crippen molar-refractivity contribution < 1.29 is 9.53 Å². The van der Waals surface area contributed by atoms with Gasteiger partial charge in [0.1, 0.15) is 11.5 Å². The Morgan fingerprint density at radius 2 is 2.03 bits per heavy atom. The number of piperidine rings is 1. The Morgan fingerprint density at radius 3 is 2.77 bits per heavy atom. The summed E-state index contributed by atoms with van der Waals surface area (Å²) < 4.78 is 6.07. The van der Waals surface area contributed by atoms with Crippen molar-refractivity contribution in [3.8, 4) is 22.8 Å². The van der Waals surface area contributed by atoms with E-state index in [1.807, 2.05) is 55.6 Å². The van der Waals surface area contributed by atoms with Gasteiger partial charge >= 0.3 is 0 Å². The number of anilines is 1. The summed E-state index contributed by atoms with van der Waals surface area (Å²) in [5, 5.41) is 13.8. The van der Waals surface area contributed by atoms with E-state index in [0.717, 1.165) is 66.0 Å². The number of pyridine rings is 1. The molecule has 2 aromatic carbocycles. The van der Waals surface area contributed by atoms with Crippen LogP contribution in [0.2, 0.25) is 0 Å². The Hall–Kier alpha value is -3.71. The van der Waals surface area contributed by atoms with Gasteiger partial charge in [-0.1, -0.05) is 13.0 Å². The zero-order chi connectivity index (χ0) is 24.8. The van der Waals surface area contributed by atoms with Gasteiger partial charge in [0.15, 0.2) is 0 Å². The average Bonchev–Trinajstić information content (AvgIpc) is 2.88.